The van der Waals surface area contributed by atoms with E-state index in [1.165, 1.54) is 12.1 Å². The fourth-order valence-electron chi connectivity index (χ4n) is 4.21. The van der Waals surface area contributed by atoms with Gasteiger partial charge in [-0.25, -0.2) is 22.9 Å². The highest BCUT2D eigenvalue weighted by Crippen LogP contribution is 2.37. The van der Waals surface area contributed by atoms with Gasteiger partial charge in [-0.05, 0) is 60.9 Å². The van der Waals surface area contributed by atoms with Crippen LogP contribution < -0.4 is 11.1 Å². The minimum Gasteiger partial charge on any atom is -0.478 e. The first-order chi connectivity index (χ1) is 17.7. The van der Waals surface area contributed by atoms with Gasteiger partial charge < -0.3 is 20.7 Å². The number of aliphatic carboxylic acids is 1. The lowest BCUT2D eigenvalue weighted by molar-refractivity contribution is -0.133. The molecule has 2 heterocycles. The molecule has 1 aliphatic carbocycles. The molecule has 4 rings (SSSR count). The molecule has 2 unspecified atom stereocenters. The summed E-state index contributed by atoms with van der Waals surface area (Å²) < 4.78 is 46.9. The van der Waals surface area contributed by atoms with Crippen molar-refractivity contribution in [1.29, 1.82) is 0 Å². The summed E-state index contributed by atoms with van der Waals surface area (Å²) in [6, 6.07) is 4.07. The average molecular weight is 515 g/mol. The summed E-state index contributed by atoms with van der Waals surface area (Å²) in [5.41, 5.74) is 7.09. The zero-order valence-electron chi connectivity index (χ0n) is 19.8. The Morgan fingerprint density at radius 2 is 2.05 bits per heavy atom. The molecule has 2 atom stereocenters. The number of carboxylic acid groups (broad SMARTS) is 1. The van der Waals surface area contributed by atoms with Crippen molar-refractivity contribution < 1.29 is 32.4 Å². The fraction of sp³-hybridized carbons (Fsp3) is 0.320. The van der Waals surface area contributed by atoms with E-state index in [9.17, 15) is 27.9 Å². The van der Waals surface area contributed by atoms with Crippen LogP contribution in [0.1, 0.15) is 49.1 Å². The molecule has 1 aromatic carbocycles. The van der Waals surface area contributed by atoms with Crippen LogP contribution in [0, 0.1) is 17.5 Å². The molecule has 2 aromatic heterocycles. The summed E-state index contributed by atoms with van der Waals surface area (Å²) in [5.74, 6) is -4.83. The molecule has 0 bridgehead atoms. The van der Waals surface area contributed by atoms with Gasteiger partial charge in [0.15, 0.2) is 11.6 Å². The topological polar surface area (TPSA) is 144 Å². The van der Waals surface area contributed by atoms with E-state index in [-0.39, 0.29) is 59.9 Å². The van der Waals surface area contributed by atoms with Crippen LogP contribution in [0.4, 0.5) is 13.2 Å². The van der Waals surface area contributed by atoms with Crippen LogP contribution >= 0.6 is 0 Å². The number of amides is 1. The lowest BCUT2D eigenvalue weighted by Crippen LogP contribution is -2.43. The molecule has 3 aromatic rings. The number of carbonyl (C=O) groups excluding carboxylic acids is 1. The van der Waals surface area contributed by atoms with Crippen molar-refractivity contribution in [1.82, 2.24) is 20.4 Å². The van der Waals surface area contributed by atoms with E-state index in [0.29, 0.717) is 12.0 Å². The number of benzene rings is 1. The molecule has 37 heavy (non-hydrogen) atoms. The minimum absolute atomic E-state index is 0.00936. The molecule has 0 radical (unpaired) electrons. The number of carboxylic acids is 1. The zero-order chi connectivity index (χ0) is 26.7. The number of hydrogen-bond acceptors (Lipinski definition) is 7. The molecular formula is C25H24F3N5O4. The van der Waals surface area contributed by atoms with Crippen LogP contribution in [0.15, 0.2) is 46.3 Å². The molecule has 0 fully saturated rings. The summed E-state index contributed by atoms with van der Waals surface area (Å²) in [6.07, 6.45) is 1.65. The van der Waals surface area contributed by atoms with Crippen LogP contribution in [0.25, 0.3) is 11.5 Å². The van der Waals surface area contributed by atoms with Crippen LogP contribution in [0.3, 0.4) is 0 Å². The van der Waals surface area contributed by atoms with Crippen molar-refractivity contribution in [2.75, 3.05) is 0 Å². The predicted octanol–water partition coefficient (Wildman–Crippen LogP) is 3.40. The standard InChI is InChI=1S/C25H24F3N5O4/c1-2-12-7-16(22(28)17(27)8-12)13-3-5-15(25(35)36)20(9-13)31-24(34)18(29)10-21-32-23(33-37-21)19-6-4-14(26)11-30-19/h4,6-8,11,13,18H,2-3,5,9-10,29H2,1H3,(H,31,34)(H,35,36). The molecule has 1 amide bonds. The number of aromatic nitrogens is 3. The SMILES string of the molecule is CCc1cc(F)c(F)c(C2CCC(C(=O)O)=C(NC(=O)C(N)Cc3nc(-c4ccc(F)cn4)no3)C2)c1. The number of rotatable bonds is 8. The third kappa shape index (κ3) is 5.85. The first-order valence-corrected chi connectivity index (χ1v) is 11.6. The van der Waals surface area contributed by atoms with E-state index in [4.69, 9.17) is 10.3 Å². The second kappa shape index (κ2) is 10.9. The van der Waals surface area contributed by atoms with E-state index in [0.717, 1.165) is 12.3 Å². The largest absolute Gasteiger partial charge is 0.478 e. The molecule has 0 saturated carbocycles. The van der Waals surface area contributed by atoms with E-state index in [2.05, 4.69) is 20.4 Å². The number of allylic oxidation sites excluding steroid dienone is 1. The molecule has 194 valence electrons. The van der Waals surface area contributed by atoms with Gasteiger partial charge >= 0.3 is 5.97 Å². The third-order valence-corrected chi connectivity index (χ3v) is 6.21. The molecular weight excluding hydrogens is 491 g/mol. The van der Waals surface area contributed by atoms with Gasteiger partial charge in [-0.2, -0.15) is 4.98 Å². The number of nitrogens with two attached hydrogens (primary N) is 1. The second-order valence-electron chi connectivity index (χ2n) is 8.71. The summed E-state index contributed by atoms with van der Waals surface area (Å²) >= 11 is 0. The van der Waals surface area contributed by atoms with Gasteiger partial charge in [-0.15, -0.1) is 0 Å². The first-order valence-electron chi connectivity index (χ1n) is 11.6. The monoisotopic (exact) mass is 515 g/mol. The van der Waals surface area contributed by atoms with Crippen LogP contribution in [-0.4, -0.2) is 38.1 Å². The van der Waals surface area contributed by atoms with E-state index in [1.54, 1.807) is 6.07 Å². The van der Waals surface area contributed by atoms with Gasteiger partial charge in [-0.3, -0.25) is 4.79 Å². The fourth-order valence-corrected chi connectivity index (χ4v) is 4.21. The Labute approximate surface area is 209 Å². The van der Waals surface area contributed by atoms with Gasteiger partial charge in [-0.1, -0.05) is 18.1 Å². The first kappa shape index (κ1) is 26.0. The highest BCUT2D eigenvalue weighted by molar-refractivity contribution is 5.90. The van der Waals surface area contributed by atoms with Crippen LogP contribution in [0.5, 0.6) is 0 Å². The lowest BCUT2D eigenvalue weighted by atomic mass is 9.81. The van der Waals surface area contributed by atoms with Gasteiger partial charge in [0, 0.05) is 5.70 Å². The smallest absolute Gasteiger partial charge is 0.333 e. The number of aryl methyl sites for hydroxylation is 1. The summed E-state index contributed by atoms with van der Waals surface area (Å²) in [6.45, 7) is 1.81. The number of hydrogen-bond donors (Lipinski definition) is 3. The van der Waals surface area contributed by atoms with Gasteiger partial charge in [0.25, 0.3) is 0 Å². The molecule has 9 nitrogen and oxygen atoms in total. The summed E-state index contributed by atoms with van der Waals surface area (Å²) in [7, 11) is 0. The Morgan fingerprint density at radius 1 is 1.27 bits per heavy atom. The van der Waals surface area contributed by atoms with E-state index < -0.39 is 41.3 Å². The molecule has 0 saturated heterocycles. The Balaban J connectivity index is 1.48. The van der Waals surface area contributed by atoms with Crippen molar-refractivity contribution in [2.45, 2.75) is 51.0 Å². The average Bonchev–Trinajstić information content (AvgIpc) is 3.34. The molecule has 4 N–H and O–H groups in total. The highest BCUT2D eigenvalue weighted by atomic mass is 19.2. The Hall–Kier alpha value is -4.06. The van der Waals surface area contributed by atoms with Crippen molar-refractivity contribution in [3.8, 4) is 11.5 Å². The minimum atomic E-state index is -1.22. The summed E-state index contributed by atoms with van der Waals surface area (Å²) in [5, 5.41) is 15.9. The molecule has 1 aliphatic rings. The third-order valence-electron chi connectivity index (χ3n) is 6.21. The molecule has 12 heteroatoms. The lowest BCUT2D eigenvalue weighted by Gasteiger charge is -2.27. The van der Waals surface area contributed by atoms with Gasteiger partial charge in [0.2, 0.25) is 17.6 Å². The number of nitrogens with one attached hydrogen (secondary N) is 1. The van der Waals surface area contributed by atoms with Crippen molar-refractivity contribution in [3.05, 3.63) is 76.2 Å². The molecule has 0 spiro atoms. The van der Waals surface area contributed by atoms with Crippen molar-refractivity contribution in [3.63, 3.8) is 0 Å². The van der Waals surface area contributed by atoms with Gasteiger partial charge in [0.05, 0.1) is 24.2 Å². The maximum Gasteiger partial charge on any atom is 0.333 e. The number of pyridine rings is 1. The van der Waals surface area contributed by atoms with E-state index >= 15 is 0 Å². The number of nitrogens with zero attached hydrogens (tertiary/aromatic N) is 3. The van der Waals surface area contributed by atoms with Crippen molar-refractivity contribution in [2.24, 2.45) is 5.73 Å². The normalized spacial score (nSPS) is 16.5. The Kier molecular flexibility index (Phi) is 7.67. The van der Waals surface area contributed by atoms with Crippen LogP contribution in [-0.2, 0) is 22.4 Å². The predicted molar refractivity (Wildman–Crippen MR) is 124 cm³/mol. The maximum atomic E-state index is 14.6. The highest BCUT2D eigenvalue weighted by Gasteiger charge is 2.30. The van der Waals surface area contributed by atoms with Crippen molar-refractivity contribution >= 4 is 11.9 Å². The second-order valence-corrected chi connectivity index (χ2v) is 8.71. The number of halogens is 3. The number of carbonyl (C=O) groups is 2. The van der Waals surface area contributed by atoms with Crippen LogP contribution in [0.2, 0.25) is 0 Å². The molecule has 0 aliphatic heterocycles. The Morgan fingerprint density at radius 3 is 2.73 bits per heavy atom. The quantitative estimate of drug-likeness (QED) is 0.414. The zero-order valence-corrected chi connectivity index (χ0v) is 19.8. The maximum absolute atomic E-state index is 14.6. The van der Waals surface area contributed by atoms with E-state index in [1.807, 2.05) is 6.92 Å². The Bertz CT molecular complexity index is 1360. The summed E-state index contributed by atoms with van der Waals surface area (Å²) in [4.78, 5) is 32.6. The van der Waals surface area contributed by atoms with Gasteiger partial charge in [0.1, 0.15) is 11.5 Å².